The van der Waals surface area contributed by atoms with Crippen LogP contribution in [0.25, 0.3) is 0 Å². The van der Waals surface area contributed by atoms with Gasteiger partial charge in [-0.1, -0.05) is 23.7 Å². The maximum Gasteiger partial charge on any atom is 0.138 e. The monoisotopic (exact) mass is 241 g/mol. The van der Waals surface area contributed by atoms with E-state index in [1.165, 1.54) is 0 Å². The Morgan fingerprint density at radius 1 is 1.38 bits per heavy atom. The number of nitrogens with one attached hydrogen (secondary N) is 1. The molecular formula is C12H16ClNO2. The second-order valence-electron chi connectivity index (χ2n) is 3.92. The van der Waals surface area contributed by atoms with Crippen LogP contribution in [0.2, 0.25) is 5.02 Å². The smallest absolute Gasteiger partial charge is 0.138 e. The van der Waals surface area contributed by atoms with Crippen molar-refractivity contribution >= 4 is 11.6 Å². The van der Waals surface area contributed by atoms with E-state index in [2.05, 4.69) is 5.32 Å². The quantitative estimate of drug-likeness (QED) is 0.876. The molecule has 0 heterocycles. The maximum atomic E-state index is 6.03. The summed E-state index contributed by atoms with van der Waals surface area (Å²) >= 11 is 6.03. The van der Waals surface area contributed by atoms with E-state index in [4.69, 9.17) is 21.1 Å². The summed E-state index contributed by atoms with van der Waals surface area (Å²) in [6.45, 7) is 0. The molecule has 0 radical (unpaired) electrons. The molecule has 1 aromatic rings. The third-order valence-electron chi connectivity index (χ3n) is 3.01. The van der Waals surface area contributed by atoms with Crippen LogP contribution in [-0.4, -0.2) is 32.4 Å². The van der Waals surface area contributed by atoms with Gasteiger partial charge in [-0.25, -0.2) is 0 Å². The summed E-state index contributed by atoms with van der Waals surface area (Å²) in [5.41, 5.74) is 0. The zero-order valence-electron chi connectivity index (χ0n) is 9.44. The van der Waals surface area contributed by atoms with Gasteiger partial charge in [0.2, 0.25) is 0 Å². The molecule has 1 aliphatic carbocycles. The van der Waals surface area contributed by atoms with Crippen molar-refractivity contribution in [2.75, 3.05) is 14.2 Å². The third kappa shape index (κ3) is 2.17. The summed E-state index contributed by atoms with van der Waals surface area (Å²) < 4.78 is 11.2. The predicted octanol–water partition coefficient (Wildman–Crippen LogP) is 2.09. The van der Waals surface area contributed by atoms with Crippen molar-refractivity contribution in [2.45, 2.75) is 24.7 Å². The number of para-hydroxylation sites is 1. The second-order valence-corrected chi connectivity index (χ2v) is 4.33. The molecule has 0 aromatic heterocycles. The fourth-order valence-corrected chi connectivity index (χ4v) is 2.18. The van der Waals surface area contributed by atoms with Gasteiger partial charge in [-0.2, -0.15) is 0 Å². The van der Waals surface area contributed by atoms with Gasteiger partial charge in [0.15, 0.2) is 0 Å². The van der Waals surface area contributed by atoms with Gasteiger partial charge >= 0.3 is 0 Å². The van der Waals surface area contributed by atoms with E-state index < -0.39 is 0 Å². The first kappa shape index (κ1) is 11.7. The largest absolute Gasteiger partial charge is 0.486 e. The molecule has 3 unspecified atom stereocenters. The highest BCUT2D eigenvalue weighted by molar-refractivity contribution is 6.32. The third-order valence-corrected chi connectivity index (χ3v) is 3.32. The summed E-state index contributed by atoms with van der Waals surface area (Å²) in [7, 11) is 3.64. The number of rotatable bonds is 4. The minimum atomic E-state index is 0.0855. The standard InChI is InChI=1S/C12H16ClNO2/c1-14-9-7-11(12(9)15-2)16-10-6-4-3-5-8(10)13/h3-6,9,11-12,14H,7H2,1-2H3. The summed E-state index contributed by atoms with van der Waals surface area (Å²) in [6.07, 6.45) is 1.13. The van der Waals surface area contributed by atoms with Crippen molar-refractivity contribution in [2.24, 2.45) is 0 Å². The number of benzene rings is 1. The first-order valence-electron chi connectivity index (χ1n) is 5.37. The van der Waals surface area contributed by atoms with Gasteiger partial charge in [-0.3, -0.25) is 0 Å². The van der Waals surface area contributed by atoms with Crippen LogP contribution in [0.4, 0.5) is 0 Å². The van der Waals surface area contributed by atoms with Crippen molar-refractivity contribution in [3.63, 3.8) is 0 Å². The Morgan fingerprint density at radius 2 is 2.12 bits per heavy atom. The average molecular weight is 242 g/mol. The average Bonchev–Trinajstić information content (AvgIpc) is 2.26. The molecule has 0 aliphatic heterocycles. The van der Waals surface area contributed by atoms with Gasteiger partial charge in [0, 0.05) is 19.6 Å². The minimum absolute atomic E-state index is 0.0855. The highest BCUT2D eigenvalue weighted by Gasteiger charge is 2.42. The molecule has 2 rings (SSSR count). The lowest BCUT2D eigenvalue weighted by Crippen LogP contribution is -2.60. The van der Waals surface area contributed by atoms with Crippen LogP contribution in [0.1, 0.15) is 6.42 Å². The van der Waals surface area contributed by atoms with E-state index >= 15 is 0 Å². The highest BCUT2D eigenvalue weighted by atomic mass is 35.5. The number of hydrogen-bond acceptors (Lipinski definition) is 3. The van der Waals surface area contributed by atoms with Crippen LogP contribution >= 0.6 is 11.6 Å². The van der Waals surface area contributed by atoms with E-state index in [-0.39, 0.29) is 12.2 Å². The van der Waals surface area contributed by atoms with Crippen LogP contribution in [-0.2, 0) is 4.74 Å². The van der Waals surface area contributed by atoms with E-state index in [1.807, 2.05) is 31.3 Å². The van der Waals surface area contributed by atoms with Gasteiger partial charge in [0.1, 0.15) is 18.0 Å². The molecule has 16 heavy (non-hydrogen) atoms. The molecular weight excluding hydrogens is 226 g/mol. The molecule has 88 valence electrons. The molecule has 0 saturated heterocycles. The maximum absolute atomic E-state index is 6.03. The summed E-state index contributed by atoms with van der Waals surface area (Å²) in [5.74, 6) is 0.728. The topological polar surface area (TPSA) is 30.5 Å². The van der Waals surface area contributed by atoms with Gasteiger partial charge in [-0.15, -0.1) is 0 Å². The van der Waals surface area contributed by atoms with Crippen LogP contribution in [0.5, 0.6) is 5.75 Å². The molecule has 0 amide bonds. The Morgan fingerprint density at radius 3 is 2.75 bits per heavy atom. The van der Waals surface area contributed by atoms with Crippen LogP contribution in [0.3, 0.4) is 0 Å². The molecule has 1 fully saturated rings. The Balaban J connectivity index is 1.99. The molecule has 4 heteroatoms. The zero-order chi connectivity index (χ0) is 11.5. The van der Waals surface area contributed by atoms with Gasteiger partial charge in [0.25, 0.3) is 0 Å². The number of ether oxygens (including phenoxy) is 2. The van der Waals surface area contributed by atoms with Gasteiger partial charge < -0.3 is 14.8 Å². The first-order valence-corrected chi connectivity index (χ1v) is 5.75. The lowest BCUT2D eigenvalue weighted by molar-refractivity contribution is -0.0869. The molecule has 0 bridgehead atoms. The van der Waals surface area contributed by atoms with Gasteiger partial charge in [-0.05, 0) is 19.2 Å². The fraction of sp³-hybridized carbons (Fsp3) is 0.500. The minimum Gasteiger partial charge on any atom is -0.486 e. The highest BCUT2D eigenvalue weighted by Crippen LogP contribution is 2.31. The Bertz CT molecular complexity index is 359. The van der Waals surface area contributed by atoms with Crippen molar-refractivity contribution < 1.29 is 9.47 Å². The van der Waals surface area contributed by atoms with Crippen molar-refractivity contribution in [1.29, 1.82) is 0 Å². The van der Waals surface area contributed by atoms with Crippen LogP contribution in [0.15, 0.2) is 24.3 Å². The molecule has 0 spiro atoms. The Labute approximate surface area is 101 Å². The molecule has 1 aliphatic rings. The number of likely N-dealkylation sites (N-methyl/N-ethyl adjacent to an activating group) is 1. The molecule has 3 nitrogen and oxygen atoms in total. The first-order chi connectivity index (χ1) is 7.76. The van der Waals surface area contributed by atoms with E-state index in [9.17, 15) is 0 Å². The Kier molecular flexibility index (Phi) is 3.69. The zero-order valence-corrected chi connectivity index (χ0v) is 10.2. The SMILES string of the molecule is CNC1CC(Oc2ccccc2Cl)C1OC. The predicted molar refractivity (Wildman–Crippen MR) is 64.1 cm³/mol. The van der Waals surface area contributed by atoms with E-state index in [0.717, 1.165) is 12.2 Å². The molecule has 1 saturated carbocycles. The number of hydrogen-bond donors (Lipinski definition) is 1. The normalized spacial score (nSPS) is 28.6. The van der Waals surface area contributed by atoms with Crippen molar-refractivity contribution in [3.8, 4) is 5.75 Å². The summed E-state index contributed by atoms with van der Waals surface area (Å²) in [6, 6.07) is 7.88. The lowest BCUT2D eigenvalue weighted by Gasteiger charge is -2.43. The summed E-state index contributed by atoms with van der Waals surface area (Å²) in [4.78, 5) is 0. The van der Waals surface area contributed by atoms with Crippen LogP contribution in [0, 0.1) is 0 Å². The number of methoxy groups -OCH3 is 1. The van der Waals surface area contributed by atoms with Crippen molar-refractivity contribution in [1.82, 2.24) is 5.32 Å². The number of halogens is 1. The molecule has 1 aromatic carbocycles. The van der Waals surface area contributed by atoms with Gasteiger partial charge in [0.05, 0.1) is 5.02 Å². The second kappa shape index (κ2) is 5.04. The van der Waals surface area contributed by atoms with Crippen LogP contribution < -0.4 is 10.1 Å². The Hall–Kier alpha value is -0.770. The van der Waals surface area contributed by atoms with E-state index in [0.29, 0.717) is 11.1 Å². The van der Waals surface area contributed by atoms with Crippen molar-refractivity contribution in [3.05, 3.63) is 29.3 Å². The fourth-order valence-electron chi connectivity index (χ4n) is 2.00. The summed E-state index contributed by atoms with van der Waals surface area (Å²) in [5, 5.41) is 3.84. The van der Waals surface area contributed by atoms with E-state index in [1.54, 1.807) is 7.11 Å². The molecule has 3 atom stereocenters. The molecule has 1 N–H and O–H groups in total. The lowest BCUT2D eigenvalue weighted by atomic mass is 9.85.